The van der Waals surface area contributed by atoms with Crippen molar-refractivity contribution in [3.05, 3.63) is 77.1 Å². The maximum atomic E-state index is 12.3. The quantitative estimate of drug-likeness (QED) is 0.536. The number of aromatic nitrogens is 2. The first-order chi connectivity index (χ1) is 10.3. The Hall–Kier alpha value is -2.94. The highest BCUT2D eigenvalue weighted by Crippen LogP contribution is 2.23. The van der Waals surface area contributed by atoms with E-state index >= 15 is 0 Å². The van der Waals surface area contributed by atoms with Crippen molar-refractivity contribution in [3.63, 3.8) is 0 Å². The Morgan fingerprint density at radius 2 is 1.52 bits per heavy atom. The van der Waals surface area contributed by atoms with Crippen molar-refractivity contribution in [1.29, 1.82) is 0 Å². The first kappa shape index (κ1) is 11.9. The second-order valence-corrected chi connectivity index (χ2v) is 4.96. The lowest BCUT2D eigenvalue weighted by Gasteiger charge is -2.06. The van der Waals surface area contributed by atoms with E-state index in [2.05, 4.69) is 9.97 Å². The van der Waals surface area contributed by atoms with Gasteiger partial charge in [-0.15, -0.1) is 0 Å². The lowest BCUT2D eigenvalue weighted by Crippen LogP contribution is -2.09. The van der Waals surface area contributed by atoms with E-state index in [4.69, 9.17) is 0 Å². The number of H-pyrrole nitrogens is 1. The molecule has 0 unspecified atom stereocenters. The molecule has 3 aromatic carbocycles. The molecule has 0 aliphatic carbocycles. The molecule has 0 saturated carbocycles. The van der Waals surface area contributed by atoms with Crippen LogP contribution in [0.5, 0.6) is 0 Å². The van der Waals surface area contributed by atoms with Crippen LogP contribution in [0.2, 0.25) is 0 Å². The van der Waals surface area contributed by atoms with Crippen LogP contribution in [-0.4, -0.2) is 9.97 Å². The Bertz CT molecular complexity index is 1000. The minimum Gasteiger partial charge on any atom is -0.306 e. The van der Waals surface area contributed by atoms with Gasteiger partial charge in [0.2, 0.25) is 0 Å². The molecule has 3 heteroatoms. The Balaban J connectivity index is 2.13. The van der Waals surface area contributed by atoms with Crippen LogP contribution in [0.4, 0.5) is 0 Å². The number of hydrogen-bond acceptors (Lipinski definition) is 2. The zero-order chi connectivity index (χ0) is 14.2. The molecule has 0 aliphatic heterocycles. The summed E-state index contributed by atoms with van der Waals surface area (Å²) >= 11 is 0. The number of rotatable bonds is 1. The van der Waals surface area contributed by atoms with Gasteiger partial charge in [0.05, 0.1) is 10.9 Å². The molecule has 0 spiro atoms. The maximum absolute atomic E-state index is 12.3. The van der Waals surface area contributed by atoms with Crippen LogP contribution in [0.3, 0.4) is 0 Å². The molecule has 21 heavy (non-hydrogen) atoms. The average molecular weight is 272 g/mol. The molecule has 0 aliphatic rings. The second-order valence-electron chi connectivity index (χ2n) is 4.96. The Morgan fingerprint density at radius 1 is 0.762 bits per heavy atom. The topological polar surface area (TPSA) is 45.8 Å². The predicted molar refractivity (Wildman–Crippen MR) is 85.3 cm³/mol. The number of aromatic amines is 1. The summed E-state index contributed by atoms with van der Waals surface area (Å²) in [5.74, 6) is 0.601. The van der Waals surface area contributed by atoms with Crippen molar-refractivity contribution in [2.75, 3.05) is 0 Å². The third-order valence-corrected chi connectivity index (χ3v) is 3.65. The summed E-state index contributed by atoms with van der Waals surface area (Å²) in [5.41, 5.74) is 1.55. The van der Waals surface area contributed by atoms with Crippen LogP contribution in [0.15, 0.2) is 71.5 Å². The molecule has 0 radical (unpaired) electrons. The zero-order valence-electron chi connectivity index (χ0n) is 11.2. The van der Waals surface area contributed by atoms with Gasteiger partial charge in [-0.25, -0.2) is 4.98 Å². The first-order valence-electron chi connectivity index (χ1n) is 6.80. The largest absolute Gasteiger partial charge is 0.306 e. The second kappa shape index (κ2) is 4.56. The highest BCUT2D eigenvalue weighted by atomic mass is 16.1. The fraction of sp³-hybridized carbons (Fsp3) is 0. The number of nitrogens with zero attached hydrogens (tertiary/aromatic N) is 1. The molecule has 0 atom stereocenters. The first-order valence-corrected chi connectivity index (χ1v) is 6.80. The van der Waals surface area contributed by atoms with Gasteiger partial charge in [-0.3, -0.25) is 4.79 Å². The fourth-order valence-corrected chi connectivity index (χ4v) is 2.61. The molecular formula is C18H12N2O. The molecule has 1 aromatic heterocycles. The summed E-state index contributed by atoms with van der Waals surface area (Å²) in [6, 6.07) is 21.5. The van der Waals surface area contributed by atoms with Crippen LogP contribution >= 0.6 is 0 Å². The van der Waals surface area contributed by atoms with Crippen molar-refractivity contribution in [2.24, 2.45) is 0 Å². The minimum absolute atomic E-state index is 0.107. The lowest BCUT2D eigenvalue weighted by molar-refractivity contribution is 1.18. The predicted octanol–water partition coefficient (Wildman–Crippen LogP) is 3.74. The molecule has 4 aromatic rings. The highest BCUT2D eigenvalue weighted by Gasteiger charge is 2.08. The normalized spacial score (nSPS) is 11.0. The summed E-state index contributed by atoms with van der Waals surface area (Å²) in [6.45, 7) is 0. The third kappa shape index (κ3) is 1.91. The Morgan fingerprint density at radius 3 is 2.38 bits per heavy atom. The molecule has 1 heterocycles. The van der Waals surface area contributed by atoms with E-state index < -0.39 is 0 Å². The maximum Gasteiger partial charge on any atom is 0.259 e. The van der Waals surface area contributed by atoms with Gasteiger partial charge in [0.1, 0.15) is 5.82 Å². The third-order valence-electron chi connectivity index (χ3n) is 3.65. The van der Waals surface area contributed by atoms with Gasteiger partial charge in [0.25, 0.3) is 5.56 Å². The van der Waals surface area contributed by atoms with Crippen molar-refractivity contribution in [3.8, 4) is 11.4 Å². The van der Waals surface area contributed by atoms with E-state index in [9.17, 15) is 4.79 Å². The lowest BCUT2D eigenvalue weighted by atomic mass is 10.1. The van der Waals surface area contributed by atoms with Crippen molar-refractivity contribution < 1.29 is 0 Å². The van der Waals surface area contributed by atoms with Gasteiger partial charge < -0.3 is 4.98 Å². The molecule has 0 saturated heterocycles. The molecule has 100 valence electrons. The smallest absolute Gasteiger partial charge is 0.259 e. The van der Waals surface area contributed by atoms with E-state index in [1.54, 1.807) is 0 Å². The van der Waals surface area contributed by atoms with E-state index in [0.717, 1.165) is 21.9 Å². The van der Waals surface area contributed by atoms with Gasteiger partial charge in [-0.05, 0) is 11.5 Å². The molecule has 0 fully saturated rings. The van der Waals surface area contributed by atoms with Crippen LogP contribution in [-0.2, 0) is 0 Å². The molecular weight excluding hydrogens is 260 g/mol. The van der Waals surface area contributed by atoms with Crippen LogP contribution in [0, 0.1) is 0 Å². The average Bonchev–Trinajstić information content (AvgIpc) is 2.55. The number of hydrogen-bond donors (Lipinski definition) is 1. The van der Waals surface area contributed by atoms with E-state index in [1.807, 2.05) is 66.7 Å². The van der Waals surface area contributed by atoms with Crippen molar-refractivity contribution in [2.45, 2.75) is 0 Å². The van der Waals surface area contributed by atoms with Crippen LogP contribution in [0.1, 0.15) is 0 Å². The monoisotopic (exact) mass is 272 g/mol. The fourth-order valence-electron chi connectivity index (χ4n) is 2.61. The van der Waals surface area contributed by atoms with Crippen LogP contribution in [0.25, 0.3) is 33.1 Å². The van der Waals surface area contributed by atoms with Gasteiger partial charge in [0.15, 0.2) is 0 Å². The zero-order valence-corrected chi connectivity index (χ0v) is 11.2. The summed E-state index contributed by atoms with van der Waals surface area (Å²) in [4.78, 5) is 19.9. The summed E-state index contributed by atoms with van der Waals surface area (Å²) in [5, 5.41) is 2.70. The van der Waals surface area contributed by atoms with Crippen molar-refractivity contribution >= 4 is 21.7 Å². The van der Waals surface area contributed by atoms with Gasteiger partial charge >= 0.3 is 0 Å². The Kier molecular flexibility index (Phi) is 2.57. The van der Waals surface area contributed by atoms with E-state index in [1.165, 1.54) is 0 Å². The SMILES string of the molecule is O=c1[nH]c(-c2ccccc2)nc2c1ccc1ccccc12. The molecule has 4 rings (SSSR count). The molecule has 3 nitrogen and oxygen atoms in total. The minimum atomic E-state index is -0.107. The molecule has 1 N–H and O–H groups in total. The van der Waals surface area contributed by atoms with Gasteiger partial charge in [-0.2, -0.15) is 0 Å². The number of benzene rings is 3. The summed E-state index contributed by atoms with van der Waals surface area (Å²) in [7, 11) is 0. The molecule has 0 bridgehead atoms. The molecule has 0 amide bonds. The number of fused-ring (bicyclic) bond motifs is 3. The standard InChI is InChI=1S/C18H12N2O/c21-18-15-11-10-12-6-4-5-9-14(12)16(15)19-17(20-18)13-7-2-1-3-8-13/h1-11H,(H,19,20,21). The Labute approximate surface area is 120 Å². The van der Waals surface area contributed by atoms with Gasteiger partial charge in [0, 0.05) is 10.9 Å². The van der Waals surface area contributed by atoms with E-state index in [0.29, 0.717) is 11.2 Å². The highest BCUT2D eigenvalue weighted by molar-refractivity contribution is 6.05. The van der Waals surface area contributed by atoms with E-state index in [-0.39, 0.29) is 5.56 Å². The number of nitrogens with one attached hydrogen (secondary N) is 1. The summed E-state index contributed by atoms with van der Waals surface area (Å²) in [6.07, 6.45) is 0. The van der Waals surface area contributed by atoms with Crippen LogP contribution < -0.4 is 5.56 Å². The van der Waals surface area contributed by atoms with Crippen molar-refractivity contribution in [1.82, 2.24) is 9.97 Å². The van der Waals surface area contributed by atoms with Gasteiger partial charge in [-0.1, -0.05) is 60.7 Å². The summed E-state index contributed by atoms with van der Waals surface area (Å²) < 4.78 is 0.